The van der Waals surface area contributed by atoms with Crippen molar-refractivity contribution in [2.45, 2.75) is 76.5 Å². The van der Waals surface area contributed by atoms with Gasteiger partial charge in [0.2, 0.25) is 0 Å². The molecule has 152 valence electrons. The van der Waals surface area contributed by atoms with Gasteiger partial charge in [0.05, 0.1) is 11.2 Å². The maximum absolute atomic E-state index is 13.1. The molecular formula is C22H32N4O2. The first-order valence-electron chi connectivity index (χ1n) is 10.7. The van der Waals surface area contributed by atoms with E-state index in [2.05, 4.69) is 20.2 Å². The van der Waals surface area contributed by atoms with Gasteiger partial charge in [-0.3, -0.25) is 4.79 Å². The van der Waals surface area contributed by atoms with Crippen LogP contribution in [0.1, 0.15) is 67.3 Å². The monoisotopic (exact) mass is 384 g/mol. The van der Waals surface area contributed by atoms with Crippen molar-refractivity contribution in [2.75, 3.05) is 13.1 Å². The van der Waals surface area contributed by atoms with E-state index in [0.29, 0.717) is 18.2 Å². The standard InChI is InChI=1S/C22H32N4O2/c1-16-8-12-24-20-19(16)18(14-26(20)13-17-7-6-11-23-17)21(27)25-15-22(28)9-4-2-3-5-10-22/h8,12,14,17,23,28H,2-7,9-11,13,15H2,1H3,(H,25,27)/t17-/m0/s1. The van der Waals surface area contributed by atoms with Crippen LogP contribution in [0.15, 0.2) is 18.5 Å². The normalized spacial score (nSPS) is 22.3. The van der Waals surface area contributed by atoms with Gasteiger partial charge < -0.3 is 20.3 Å². The molecule has 0 spiro atoms. The summed E-state index contributed by atoms with van der Waals surface area (Å²) in [5.41, 5.74) is 1.82. The molecule has 2 aromatic rings. The highest BCUT2D eigenvalue weighted by Gasteiger charge is 2.29. The van der Waals surface area contributed by atoms with Crippen LogP contribution in [0.25, 0.3) is 11.0 Å². The highest BCUT2D eigenvalue weighted by Crippen LogP contribution is 2.27. The number of carbonyl (C=O) groups is 1. The molecule has 1 saturated carbocycles. The van der Waals surface area contributed by atoms with E-state index in [4.69, 9.17) is 0 Å². The summed E-state index contributed by atoms with van der Waals surface area (Å²) in [5, 5.41) is 18.3. The van der Waals surface area contributed by atoms with Gasteiger partial charge in [0.25, 0.3) is 5.91 Å². The summed E-state index contributed by atoms with van der Waals surface area (Å²) in [7, 11) is 0. The predicted molar refractivity (Wildman–Crippen MR) is 110 cm³/mol. The molecule has 0 radical (unpaired) electrons. The molecule has 3 N–H and O–H groups in total. The Morgan fingerprint density at radius 2 is 2.11 bits per heavy atom. The number of amides is 1. The first kappa shape index (κ1) is 19.4. The van der Waals surface area contributed by atoms with E-state index < -0.39 is 5.60 Å². The van der Waals surface area contributed by atoms with Crippen LogP contribution in [0, 0.1) is 6.92 Å². The first-order chi connectivity index (χ1) is 13.6. The molecule has 2 aromatic heterocycles. The second kappa shape index (κ2) is 8.21. The zero-order valence-corrected chi connectivity index (χ0v) is 16.8. The molecule has 1 atom stereocenters. The van der Waals surface area contributed by atoms with Gasteiger partial charge in [-0.1, -0.05) is 25.7 Å². The van der Waals surface area contributed by atoms with Crippen LogP contribution in [0.3, 0.4) is 0 Å². The number of rotatable bonds is 5. The summed E-state index contributed by atoms with van der Waals surface area (Å²) in [6.07, 6.45) is 12.0. The number of hydrogen-bond donors (Lipinski definition) is 3. The van der Waals surface area contributed by atoms with Gasteiger partial charge in [0, 0.05) is 36.9 Å². The second-order valence-corrected chi connectivity index (χ2v) is 8.64. The fourth-order valence-electron chi connectivity index (χ4n) is 4.74. The lowest BCUT2D eigenvalue weighted by Crippen LogP contribution is -2.42. The van der Waals surface area contributed by atoms with Gasteiger partial charge in [0.15, 0.2) is 0 Å². The van der Waals surface area contributed by atoms with Crippen molar-refractivity contribution < 1.29 is 9.90 Å². The summed E-state index contributed by atoms with van der Waals surface area (Å²) < 4.78 is 2.11. The van der Waals surface area contributed by atoms with Crippen molar-refractivity contribution in [1.29, 1.82) is 0 Å². The van der Waals surface area contributed by atoms with Crippen molar-refractivity contribution in [3.8, 4) is 0 Å². The Morgan fingerprint density at radius 1 is 1.32 bits per heavy atom. The molecule has 6 nitrogen and oxygen atoms in total. The average Bonchev–Trinajstić information content (AvgIpc) is 3.26. The molecule has 4 rings (SSSR count). The Balaban J connectivity index is 1.55. The topological polar surface area (TPSA) is 79.2 Å². The highest BCUT2D eigenvalue weighted by atomic mass is 16.3. The molecule has 0 aromatic carbocycles. The maximum atomic E-state index is 13.1. The number of aryl methyl sites for hydroxylation is 1. The zero-order chi connectivity index (χ0) is 19.6. The van der Waals surface area contributed by atoms with Crippen LogP contribution < -0.4 is 10.6 Å². The maximum Gasteiger partial charge on any atom is 0.253 e. The number of fused-ring (bicyclic) bond motifs is 1. The van der Waals surface area contributed by atoms with E-state index in [9.17, 15) is 9.90 Å². The van der Waals surface area contributed by atoms with Gasteiger partial charge in [0.1, 0.15) is 5.65 Å². The van der Waals surface area contributed by atoms with Gasteiger partial charge >= 0.3 is 0 Å². The minimum atomic E-state index is -0.772. The summed E-state index contributed by atoms with van der Waals surface area (Å²) in [6, 6.07) is 2.39. The minimum absolute atomic E-state index is 0.114. The molecule has 1 aliphatic heterocycles. The van der Waals surface area contributed by atoms with Crippen molar-refractivity contribution in [2.24, 2.45) is 0 Å². The van der Waals surface area contributed by atoms with Gasteiger partial charge in [-0.2, -0.15) is 0 Å². The lowest BCUT2D eigenvalue weighted by Gasteiger charge is -2.26. The summed E-state index contributed by atoms with van der Waals surface area (Å²) in [6.45, 7) is 4.23. The summed E-state index contributed by atoms with van der Waals surface area (Å²) in [5.74, 6) is -0.114. The molecule has 0 unspecified atom stereocenters. The van der Waals surface area contributed by atoms with E-state index >= 15 is 0 Å². The molecule has 28 heavy (non-hydrogen) atoms. The summed E-state index contributed by atoms with van der Waals surface area (Å²) >= 11 is 0. The van der Waals surface area contributed by atoms with Gasteiger partial charge in [-0.15, -0.1) is 0 Å². The third-order valence-electron chi connectivity index (χ3n) is 6.40. The number of nitrogens with one attached hydrogen (secondary N) is 2. The molecule has 6 heteroatoms. The first-order valence-corrected chi connectivity index (χ1v) is 10.7. The number of carbonyl (C=O) groups excluding carboxylic acids is 1. The Bertz CT molecular complexity index is 830. The molecule has 0 bridgehead atoms. The zero-order valence-electron chi connectivity index (χ0n) is 16.8. The van der Waals surface area contributed by atoms with Gasteiger partial charge in [-0.05, 0) is 50.8 Å². The smallest absolute Gasteiger partial charge is 0.253 e. The number of nitrogens with zero attached hydrogens (tertiary/aromatic N) is 2. The van der Waals surface area contributed by atoms with Crippen molar-refractivity contribution >= 4 is 16.9 Å². The Labute approximate surface area is 166 Å². The quantitative estimate of drug-likeness (QED) is 0.693. The van der Waals surface area contributed by atoms with Crippen LogP contribution in [-0.2, 0) is 6.54 Å². The fourth-order valence-corrected chi connectivity index (χ4v) is 4.74. The van der Waals surface area contributed by atoms with E-state index in [1.165, 1.54) is 19.3 Å². The Kier molecular flexibility index (Phi) is 5.69. The highest BCUT2D eigenvalue weighted by molar-refractivity contribution is 6.07. The Morgan fingerprint density at radius 3 is 2.82 bits per heavy atom. The van der Waals surface area contributed by atoms with Crippen molar-refractivity contribution in [3.05, 3.63) is 29.6 Å². The molecule has 1 amide bonds. The van der Waals surface area contributed by atoms with E-state index in [0.717, 1.165) is 61.8 Å². The molecule has 2 aliphatic rings. The number of aliphatic hydroxyl groups is 1. The molecule has 1 saturated heterocycles. The fraction of sp³-hybridized carbons (Fsp3) is 0.636. The van der Waals surface area contributed by atoms with Crippen molar-refractivity contribution in [3.63, 3.8) is 0 Å². The predicted octanol–water partition coefficient (Wildman–Crippen LogP) is 2.91. The SMILES string of the molecule is Cc1ccnc2c1c(C(=O)NCC1(O)CCCCCC1)cn2C[C@@H]1CCCN1. The van der Waals surface area contributed by atoms with Crippen LogP contribution in [0.5, 0.6) is 0 Å². The van der Waals surface area contributed by atoms with Crippen LogP contribution >= 0.6 is 0 Å². The largest absolute Gasteiger partial charge is 0.388 e. The number of aromatic nitrogens is 2. The molecular weight excluding hydrogens is 352 g/mol. The second-order valence-electron chi connectivity index (χ2n) is 8.64. The average molecular weight is 385 g/mol. The number of pyridine rings is 1. The summed E-state index contributed by atoms with van der Waals surface area (Å²) in [4.78, 5) is 17.6. The Hall–Kier alpha value is -1.92. The molecule has 3 heterocycles. The number of hydrogen-bond acceptors (Lipinski definition) is 4. The van der Waals surface area contributed by atoms with Crippen LogP contribution in [0.2, 0.25) is 0 Å². The lowest BCUT2D eigenvalue weighted by molar-refractivity contribution is 0.0246. The van der Waals surface area contributed by atoms with E-state index in [1.54, 1.807) is 0 Å². The van der Waals surface area contributed by atoms with Crippen LogP contribution in [-0.4, -0.2) is 45.3 Å². The molecule has 1 aliphatic carbocycles. The lowest BCUT2D eigenvalue weighted by atomic mass is 9.94. The minimum Gasteiger partial charge on any atom is -0.388 e. The third-order valence-corrected chi connectivity index (χ3v) is 6.40. The van der Waals surface area contributed by atoms with Crippen molar-refractivity contribution in [1.82, 2.24) is 20.2 Å². The van der Waals surface area contributed by atoms with E-state index in [1.807, 2.05) is 25.4 Å². The van der Waals surface area contributed by atoms with E-state index in [-0.39, 0.29) is 5.91 Å². The van der Waals surface area contributed by atoms with Crippen LogP contribution in [0.4, 0.5) is 0 Å². The molecule has 2 fully saturated rings. The third kappa shape index (κ3) is 4.08. The van der Waals surface area contributed by atoms with Gasteiger partial charge in [-0.25, -0.2) is 4.98 Å².